The van der Waals surface area contributed by atoms with Crippen LogP contribution in [0.1, 0.15) is 21.5 Å². The predicted molar refractivity (Wildman–Crippen MR) is 141 cm³/mol. The summed E-state index contributed by atoms with van der Waals surface area (Å²) in [5.74, 6) is -0.0250. The lowest BCUT2D eigenvalue weighted by Gasteiger charge is -2.13. The SMILES string of the molecule is COCCOc1ccccc1C(=O)NC(=S)Nc1ccc(S(=O)(=O)Nc2ccc(C)c(C)c2)cc1. The summed E-state index contributed by atoms with van der Waals surface area (Å²) in [6.45, 7) is 4.57. The van der Waals surface area contributed by atoms with Gasteiger partial charge in [0.05, 0.1) is 17.1 Å². The molecule has 0 aliphatic heterocycles. The molecule has 0 heterocycles. The molecule has 0 atom stereocenters. The Labute approximate surface area is 210 Å². The Hall–Kier alpha value is -3.47. The number of carbonyl (C=O) groups is 1. The van der Waals surface area contributed by atoms with E-state index in [1.807, 2.05) is 19.9 Å². The maximum absolute atomic E-state index is 12.7. The Morgan fingerprint density at radius 2 is 1.60 bits per heavy atom. The molecule has 0 saturated heterocycles. The highest BCUT2D eigenvalue weighted by atomic mass is 32.2. The van der Waals surface area contributed by atoms with Crippen LogP contribution in [0.5, 0.6) is 5.75 Å². The number of thiocarbonyl (C=S) groups is 1. The van der Waals surface area contributed by atoms with Crippen LogP contribution in [0.2, 0.25) is 0 Å². The van der Waals surface area contributed by atoms with Crippen LogP contribution in [0.25, 0.3) is 0 Å². The number of carbonyl (C=O) groups excluding carboxylic acids is 1. The minimum atomic E-state index is -3.76. The first kappa shape index (κ1) is 26.1. The molecule has 0 unspecified atom stereocenters. The maximum atomic E-state index is 12.7. The summed E-state index contributed by atoms with van der Waals surface area (Å²) in [6, 6.07) is 18.2. The van der Waals surface area contributed by atoms with Crippen molar-refractivity contribution in [2.45, 2.75) is 18.7 Å². The normalized spacial score (nSPS) is 10.9. The molecule has 0 spiro atoms. The lowest BCUT2D eigenvalue weighted by molar-refractivity contribution is 0.0970. The molecular weight excluding hydrogens is 486 g/mol. The zero-order valence-corrected chi connectivity index (χ0v) is 21.3. The van der Waals surface area contributed by atoms with Crippen molar-refractivity contribution in [3.05, 3.63) is 83.4 Å². The molecule has 3 aromatic carbocycles. The largest absolute Gasteiger partial charge is 0.490 e. The molecule has 0 aliphatic rings. The van der Waals surface area contributed by atoms with Crippen LogP contribution in [0, 0.1) is 13.8 Å². The highest BCUT2D eigenvalue weighted by Gasteiger charge is 2.16. The summed E-state index contributed by atoms with van der Waals surface area (Å²) in [7, 11) is -2.20. The number of nitrogens with one attached hydrogen (secondary N) is 3. The Bertz CT molecular complexity index is 1310. The standard InChI is InChI=1S/C25H27N3O5S2/c1-17-8-9-20(16-18(17)2)28-35(30,31)21-12-10-19(11-13-21)26-25(34)27-24(29)22-6-4-5-7-23(22)33-15-14-32-3/h4-13,16,28H,14-15H2,1-3H3,(H2,26,27,29,34). The third-order valence-electron chi connectivity index (χ3n) is 5.09. The average molecular weight is 514 g/mol. The second-order valence-corrected chi connectivity index (χ2v) is 9.77. The number of sulfonamides is 1. The molecule has 35 heavy (non-hydrogen) atoms. The number of methoxy groups -OCH3 is 1. The van der Waals surface area contributed by atoms with Crippen molar-refractivity contribution in [2.75, 3.05) is 30.4 Å². The van der Waals surface area contributed by atoms with Crippen LogP contribution in [-0.2, 0) is 14.8 Å². The van der Waals surface area contributed by atoms with E-state index >= 15 is 0 Å². The fourth-order valence-electron chi connectivity index (χ4n) is 3.08. The highest BCUT2D eigenvalue weighted by molar-refractivity contribution is 7.92. The van der Waals surface area contributed by atoms with Crippen molar-refractivity contribution in [1.29, 1.82) is 0 Å². The zero-order valence-electron chi connectivity index (χ0n) is 19.6. The third kappa shape index (κ3) is 7.25. The van der Waals surface area contributed by atoms with E-state index < -0.39 is 15.9 Å². The van der Waals surface area contributed by atoms with Crippen molar-refractivity contribution >= 4 is 44.6 Å². The van der Waals surface area contributed by atoms with Gasteiger partial charge < -0.3 is 14.8 Å². The van der Waals surface area contributed by atoms with E-state index in [2.05, 4.69) is 15.4 Å². The topological polar surface area (TPSA) is 106 Å². The Morgan fingerprint density at radius 3 is 2.29 bits per heavy atom. The van der Waals surface area contributed by atoms with E-state index in [0.717, 1.165) is 11.1 Å². The van der Waals surface area contributed by atoms with E-state index in [9.17, 15) is 13.2 Å². The molecule has 3 N–H and O–H groups in total. The first-order valence-corrected chi connectivity index (χ1v) is 12.6. The monoisotopic (exact) mass is 513 g/mol. The van der Waals surface area contributed by atoms with E-state index in [0.29, 0.717) is 35.9 Å². The van der Waals surface area contributed by atoms with Gasteiger partial charge in [0, 0.05) is 18.5 Å². The number of rotatable bonds is 9. The number of para-hydroxylation sites is 1. The van der Waals surface area contributed by atoms with Gasteiger partial charge in [0.2, 0.25) is 0 Å². The zero-order chi connectivity index (χ0) is 25.4. The van der Waals surface area contributed by atoms with Gasteiger partial charge in [-0.2, -0.15) is 0 Å². The lowest BCUT2D eigenvalue weighted by Crippen LogP contribution is -2.34. The van der Waals surface area contributed by atoms with Crippen molar-refractivity contribution in [3.63, 3.8) is 0 Å². The van der Waals surface area contributed by atoms with Crippen molar-refractivity contribution in [3.8, 4) is 5.75 Å². The quantitative estimate of drug-likeness (QED) is 0.290. The molecule has 0 saturated carbocycles. The predicted octanol–water partition coefficient (Wildman–Crippen LogP) is 4.26. The van der Waals surface area contributed by atoms with E-state index in [1.54, 1.807) is 55.6 Å². The number of hydrogen-bond donors (Lipinski definition) is 3. The molecule has 3 rings (SSSR count). The third-order valence-corrected chi connectivity index (χ3v) is 6.69. The first-order chi connectivity index (χ1) is 16.7. The fourth-order valence-corrected chi connectivity index (χ4v) is 4.34. The molecule has 10 heteroatoms. The second kappa shape index (κ2) is 11.8. The molecule has 0 aliphatic carbocycles. The maximum Gasteiger partial charge on any atom is 0.261 e. The Kier molecular flexibility index (Phi) is 8.80. The number of aryl methyl sites for hydroxylation is 2. The lowest BCUT2D eigenvalue weighted by atomic mass is 10.1. The average Bonchev–Trinajstić information content (AvgIpc) is 2.82. The molecule has 3 aromatic rings. The Balaban J connectivity index is 1.62. The molecular formula is C25H27N3O5S2. The number of amides is 1. The van der Waals surface area contributed by atoms with Crippen LogP contribution in [-0.4, -0.2) is 39.8 Å². The minimum Gasteiger partial charge on any atom is -0.490 e. The van der Waals surface area contributed by atoms with Gasteiger partial charge in [-0.25, -0.2) is 8.42 Å². The van der Waals surface area contributed by atoms with Gasteiger partial charge in [-0.1, -0.05) is 18.2 Å². The van der Waals surface area contributed by atoms with Crippen molar-refractivity contribution in [1.82, 2.24) is 5.32 Å². The molecule has 0 radical (unpaired) electrons. The number of anilines is 2. The summed E-state index contributed by atoms with van der Waals surface area (Å²) >= 11 is 5.24. The van der Waals surface area contributed by atoms with Gasteiger partial charge >= 0.3 is 0 Å². The highest BCUT2D eigenvalue weighted by Crippen LogP contribution is 2.21. The number of ether oxygens (including phenoxy) is 2. The fraction of sp³-hybridized carbons (Fsp3) is 0.200. The van der Waals surface area contributed by atoms with Crippen LogP contribution in [0.4, 0.5) is 11.4 Å². The molecule has 0 aromatic heterocycles. The van der Waals surface area contributed by atoms with E-state index in [1.165, 1.54) is 12.1 Å². The van der Waals surface area contributed by atoms with Crippen molar-refractivity contribution in [2.24, 2.45) is 0 Å². The summed E-state index contributed by atoms with van der Waals surface area (Å²) in [5, 5.41) is 5.54. The summed E-state index contributed by atoms with van der Waals surface area (Å²) in [4.78, 5) is 12.8. The van der Waals surface area contributed by atoms with Crippen LogP contribution in [0.3, 0.4) is 0 Å². The summed E-state index contributed by atoms with van der Waals surface area (Å²) in [5.41, 5.74) is 3.40. The molecule has 0 fully saturated rings. The minimum absolute atomic E-state index is 0.0607. The van der Waals surface area contributed by atoms with Crippen molar-refractivity contribution < 1.29 is 22.7 Å². The van der Waals surface area contributed by atoms with Crippen LogP contribution < -0.4 is 20.1 Å². The smallest absolute Gasteiger partial charge is 0.261 e. The van der Waals surface area contributed by atoms with Gasteiger partial charge in [0.1, 0.15) is 12.4 Å². The number of benzene rings is 3. The van der Waals surface area contributed by atoms with E-state index in [4.69, 9.17) is 21.7 Å². The van der Waals surface area contributed by atoms with Gasteiger partial charge in [-0.15, -0.1) is 0 Å². The van der Waals surface area contributed by atoms with Crippen LogP contribution in [0.15, 0.2) is 71.6 Å². The van der Waals surface area contributed by atoms with Gasteiger partial charge in [-0.3, -0.25) is 14.8 Å². The molecule has 184 valence electrons. The van der Waals surface area contributed by atoms with Gasteiger partial charge in [-0.05, 0) is 85.7 Å². The van der Waals surface area contributed by atoms with Gasteiger partial charge in [0.25, 0.3) is 15.9 Å². The number of hydrogen-bond acceptors (Lipinski definition) is 6. The van der Waals surface area contributed by atoms with E-state index in [-0.39, 0.29) is 10.0 Å². The summed E-state index contributed by atoms with van der Waals surface area (Å²) < 4.78 is 38.6. The molecule has 0 bridgehead atoms. The Morgan fingerprint density at radius 1 is 0.914 bits per heavy atom. The van der Waals surface area contributed by atoms with Gasteiger partial charge in [0.15, 0.2) is 5.11 Å². The summed E-state index contributed by atoms with van der Waals surface area (Å²) in [6.07, 6.45) is 0. The molecule has 1 amide bonds. The first-order valence-electron chi connectivity index (χ1n) is 10.7. The second-order valence-electron chi connectivity index (χ2n) is 7.67. The molecule has 8 nitrogen and oxygen atoms in total. The van der Waals surface area contributed by atoms with Crippen LogP contribution >= 0.6 is 12.2 Å².